The number of carbonyl (C=O) groups is 1. The zero-order chi connectivity index (χ0) is 15.7. The molecule has 9 heteroatoms. The number of non-ortho nitro benzene ring substituents is 1. The summed E-state index contributed by atoms with van der Waals surface area (Å²) in [6.07, 6.45) is -1.10. The number of nitro groups is 1. The molecule has 0 spiro atoms. The first-order chi connectivity index (χ1) is 9.03. The summed E-state index contributed by atoms with van der Waals surface area (Å²) in [5.74, 6) is 0. The number of nitro benzene ring substituents is 1. The number of hydrogen-bond acceptors (Lipinski definition) is 5. The molecular formula is C11H12Cl2N2O5. The van der Waals surface area contributed by atoms with Gasteiger partial charge in [-0.25, -0.2) is 4.79 Å². The molecule has 1 amide bonds. The number of benzene rings is 1. The molecule has 0 fully saturated rings. The first-order valence-electron chi connectivity index (χ1n) is 5.38. The number of ether oxygens (including phenoxy) is 1. The summed E-state index contributed by atoms with van der Waals surface area (Å²) in [5.41, 5.74) is -1.48. The predicted molar refractivity (Wildman–Crippen MR) is 73.6 cm³/mol. The lowest BCUT2D eigenvalue weighted by atomic mass is 10.2. The lowest BCUT2D eigenvalue weighted by Gasteiger charge is -2.24. The molecular weight excluding hydrogens is 311 g/mol. The van der Waals surface area contributed by atoms with Crippen LogP contribution in [-0.4, -0.2) is 21.8 Å². The van der Waals surface area contributed by atoms with Crippen molar-refractivity contribution in [3.05, 3.63) is 32.3 Å². The van der Waals surface area contributed by atoms with Crippen molar-refractivity contribution < 1.29 is 19.7 Å². The third-order valence-electron chi connectivity index (χ3n) is 1.99. The van der Waals surface area contributed by atoms with Gasteiger partial charge >= 0.3 is 6.09 Å². The fraction of sp³-hybridized carbons (Fsp3) is 0.364. The van der Waals surface area contributed by atoms with Crippen LogP contribution >= 0.6 is 23.2 Å². The number of rotatable bonds is 2. The Hall–Kier alpha value is -1.57. The largest absolute Gasteiger partial charge is 0.442 e. The molecule has 110 valence electrons. The van der Waals surface area contributed by atoms with E-state index in [1.54, 1.807) is 20.8 Å². The number of hydrogen-bond donors (Lipinski definition) is 1. The van der Waals surface area contributed by atoms with Crippen LogP contribution in [0, 0.1) is 10.1 Å². The molecule has 1 aromatic rings. The Balaban J connectivity index is 3.14. The van der Waals surface area contributed by atoms with E-state index in [1.807, 2.05) is 0 Å². The van der Waals surface area contributed by atoms with Crippen molar-refractivity contribution in [3.8, 4) is 0 Å². The van der Waals surface area contributed by atoms with Gasteiger partial charge in [0, 0.05) is 12.1 Å². The van der Waals surface area contributed by atoms with Gasteiger partial charge in [-0.3, -0.25) is 15.3 Å². The summed E-state index contributed by atoms with van der Waals surface area (Å²) in [6, 6.07) is 1.94. The average molecular weight is 323 g/mol. The third-order valence-corrected chi connectivity index (χ3v) is 2.57. The second-order valence-electron chi connectivity index (χ2n) is 4.81. The fourth-order valence-corrected chi connectivity index (χ4v) is 1.89. The molecule has 0 aliphatic carbocycles. The smallest absolute Gasteiger partial charge is 0.439 e. The van der Waals surface area contributed by atoms with E-state index >= 15 is 0 Å². The fourth-order valence-electron chi connectivity index (χ4n) is 1.26. The summed E-state index contributed by atoms with van der Waals surface area (Å²) in [4.78, 5) is 21.6. The second kappa shape index (κ2) is 5.82. The van der Waals surface area contributed by atoms with Gasteiger partial charge in [-0.1, -0.05) is 23.2 Å². The van der Waals surface area contributed by atoms with Gasteiger partial charge in [-0.05, 0) is 20.8 Å². The molecule has 1 N–H and O–H groups in total. The van der Waals surface area contributed by atoms with E-state index in [-0.39, 0.29) is 26.5 Å². The Bertz CT molecular complexity index is 533. The number of hydroxylamine groups is 1. The Morgan fingerprint density at radius 1 is 1.35 bits per heavy atom. The molecule has 0 aromatic heterocycles. The average Bonchev–Trinajstić information content (AvgIpc) is 2.25. The standard InChI is InChI=1S/C11H12Cl2N2O5/c1-11(2,3)20-10(16)14(17)9-7(12)4-6(15(18)19)5-8(9)13/h4-5,17H,1-3H3. The van der Waals surface area contributed by atoms with Gasteiger partial charge in [0.25, 0.3) is 5.69 Å². The van der Waals surface area contributed by atoms with Crippen molar-refractivity contribution in [2.75, 3.05) is 5.06 Å². The SMILES string of the molecule is CC(C)(C)OC(=O)N(O)c1c(Cl)cc([N+](=O)[O-])cc1Cl. The van der Waals surface area contributed by atoms with E-state index in [9.17, 15) is 20.1 Å². The second-order valence-corrected chi connectivity index (χ2v) is 5.62. The first-order valence-corrected chi connectivity index (χ1v) is 6.14. The summed E-state index contributed by atoms with van der Waals surface area (Å²) in [7, 11) is 0. The van der Waals surface area contributed by atoms with Gasteiger partial charge in [0.05, 0.1) is 15.0 Å². The van der Waals surface area contributed by atoms with Crippen molar-refractivity contribution in [2.24, 2.45) is 0 Å². The summed E-state index contributed by atoms with van der Waals surface area (Å²) in [5, 5.41) is 20.0. The maximum Gasteiger partial charge on any atom is 0.439 e. The van der Waals surface area contributed by atoms with Crippen molar-refractivity contribution in [1.29, 1.82) is 0 Å². The van der Waals surface area contributed by atoms with Crippen LogP contribution in [0.5, 0.6) is 0 Å². The number of amides is 1. The quantitative estimate of drug-likeness (QED) is 0.504. The van der Waals surface area contributed by atoms with Gasteiger partial charge < -0.3 is 4.74 Å². The molecule has 1 rings (SSSR count). The van der Waals surface area contributed by atoms with E-state index in [2.05, 4.69) is 0 Å². The van der Waals surface area contributed by atoms with Crippen LogP contribution in [0.4, 0.5) is 16.2 Å². The highest BCUT2D eigenvalue weighted by molar-refractivity contribution is 6.40. The van der Waals surface area contributed by atoms with Crippen LogP contribution in [0.15, 0.2) is 12.1 Å². The Morgan fingerprint density at radius 2 is 1.80 bits per heavy atom. The van der Waals surface area contributed by atoms with Gasteiger partial charge in [-0.2, -0.15) is 5.06 Å². The van der Waals surface area contributed by atoms with Crippen molar-refractivity contribution in [2.45, 2.75) is 26.4 Å². The van der Waals surface area contributed by atoms with Crippen LogP contribution < -0.4 is 5.06 Å². The number of nitrogens with zero attached hydrogens (tertiary/aromatic N) is 2. The molecule has 1 aromatic carbocycles. The van der Waals surface area contributed by atoms with Crippen LogP contribution in [0.25, 0.3) is 0 Å². The van der Waals surface area contributed by atoms with E-state index in [4.69, 9.17) is 27.9 Å². The lowest BCUT2D eigenvalue weighted by molar-refractivity contribution is -0.384. The van der Waals surface area contributed by atoms with E-state index < -0.39 is 16.6 Å². The summed E-state index contributed by atoms with van der Waals surface area (Å²) < 4.78 is 4.93. The Labute approximate surface area is 124 Å². The minimum atomic E-state index is -1.10. The van der Waals surface area contributed by atoms with Crippen LogP contribution in [0.2, 0.25) is 10.0 Å². The van der Waals surface area contributed by atoms with Crippen molar-refractivity contribution in [3.63, 3.8) is 0 Å². The molecule has 0 bridgehead atoms. The van der Waals surface area contributed by atoms with Crippen molar-refractivity contribution >= 4 is 40.7 Å². The highest BCUT2D eigenvalue weighted by Crippen LogP contribution is 2.37. The van der Waals surface area contributed by atoms with E-state index in [1.165, 1.54) is 0 Å². The highest BCUT2D eigenvalue weighted by Gasteiger charge is 2.27. The first kappa shape index (κ1) is 16.5. The maximum absolute atomic E-state index is 11.7. The van der Waals surface area contributed by atoms with Crippen LogP contribution in [0.1, 0.15) is 20.8 Å². The molecule has 0 radical (unpaired) electrons. The number of anilines is 1. The van der Waals surface area contributed by atoms with Gasteiger partial charge in [0.15, 0.2) is 0 Å². The van der Waals surface area contributed by atoms with Crippen LogP contribution in [0.3, 0.4) is 0 Å². The maximum atomic E-state index is 11.7. The number of halogens is 2. The molecule has 0 heterocycles. The molecule has 0 unspecified atom stereocenters. The zero-order valence-corrected chi connectivity index (χ0v) is 12.4. The molecule has 0 saturated heterocycles. The summed E-state index contributed by atoms with van der Waals surface area (Å²) in [6.45, 7) is 4.83. The zero-order valence-electron chi connectivity index (χ0n) is 10.9. The molecule has 0 aliphatic heterocycles. The molecule has 0 aliphatic rings. The Morgan fingerprint density at radius 3 is 2.15 bits per heavy atom. The Kier molecular flexibility index (Phi) is 4.80. The predicted octanol–water partition coefficient (Wildman–Crippen LogP) is 4.03. The van der Waals surface area contributed by atoms with Crippen LogP contribution in [-0.2, 0) is 4.74 Å². The normalized spacial score (nSPS) is 11.1. The highest BCUT2D eigenvalue weighted by atomic mass is 35.5. The number of carbonyl (C=O) groups excluding carboxylic acids is 1. The van der Waals surface area contributed by atoms with E-state index in [0.29, 0.717) is 0 Å². The van der Waals surface area contributed by atoms with Crippen molar-refractivity contribution in [1.82, 2.24) is 0 Å². The van der Waals surface area contributed by atoms with Gasteiger partial charge in [0.2, 0.25) is 0 Å². The van der Waals surface area contributed by atoms with Gasteiger partial charge in [-0.15, -0.1) is 0 Å². The topological polar surface area (TPSA) is 92.9 Å². The van der Waals surface area contributed by atoms with Gasteiger partial charge in [0.1, 0.15) is 11.3 Å². The lowest BCUT2D eigenvalue weighted by Crippen LogP contribution is -2.34. The molecule has 0 atom stereocenters. The van der Waals surface area contributed by atoms with E-state index in [0.717, 1.165) is 12.1 Å². The molecule has 7 nitrogen and oxygen atoms in total. The molecule has 20 heavy (non-hydrogen) atoms. The third kappa shape index (κ3) is 3.96. The minimum absolute atomic E-state index is 0.111. The minimum Gasteiger partial charge on any atom is -0.442 e. The monoisotopic (exact) mass is 322 g/mol. The summed E-state index contributed by atoms with van der Waals surface area (Å²) >= 11 is 11.6. The molecule has 0 saturated carbocycles.